The summed E-state index contributed by atoms with van der Waals surface area (Å²) in [5.74, 6) is -7.90. The standard InChI is InChI=1S/C88H129N17O20/c1-53-18-12-11-13-19-54(2)68(117-8)45-62-24-21-58(6)88(116,125-62)80(112)83(113)104-30-16-14-20-65(104)84(114)122-70(46-69(118-9)55(3)41-57(5)78(110)79(111)77(109)56(4)40-53)63(89)42-59-22-25-67(71(43-59)119-10)124-87(115)96-49-60-47-94-86(95-48-60)103-34-32-102(33-35-103)74(108)51-101(7)50-73(107)93-29-37-121-39-38-120-36-27-72(106)92-28-15-17-31-105-82-75(81(90)97-52-98-82)76(100-105)61-23-26-66-64(44-61)99-85(91)123-66/h11-13,18-19,23,26,41,44,47-48,52-53,55-56,58-59,62-63,65,67-71,78-79,110-111,116H,14-17,20-22,24-25,27-40,42-43,45-46,49-51,89H2,1-10H3,(H2,91,99)(H,92,106)(H,93,107)(H,96,115)(H2,90,97,98)/b13-11+,18-12+,54-19+,57-41+/t53-,55-,56-,58-,59+,62+,63-,65+,67-,68+,69-,70+,71-,78-,79+,88-/m1/s1. The first-order valence-corrected chi connectivity index (χ1v) is 43.6. The van der Waals surface area contributed by atoms with Gasteiger partial charge in [-0.25, -0.2) is 34.2 Å². The first-order chi connectivity index (χ1) is 59.9. The summed E-state index contributed by atoms with van der Waals surface area (Å²) < 4.78 is 55.0. The molecule has 125 heavy (non-hydrogen) atoms. The molecular formula is C88H129N17O20. The number of allylic oxidation sites excluding steroid dienone is 5. The van der Waals surface area contributed by atoms with Gasteiger partial charge >= 0.3 is 12.1 Å². The number of carbonyl (C=O) groups excluding carboxylic acids is 8. The molecule has 8 heterocycles. The predicted octanol–water partition coefficient (Wildman–Crippen LogP) is 5.22. The average Bonchev–Trinajstić information content (AvgIpc) is 1.72. The maximum absolute atomic E-state index is 14.9. The second kappa shape index (κ2) is 47.1. The summed E-state index contributed by atoms with van der Waals surface area (Å²) in [7, 11) is 6.28. The van der Waals surface area contributed by atoms with Crippen molar-refractivity contribution in [1.82, 2.24) is 65.4 Å². The van der Waals surface area contributed by atoms with E-state index in [0.29, 0.717) is 161 Å². The number of methoxy groups -OCH3 is 3. The number of unbranched alkanes of at least 4 members (excludes halogenated alkanes) is 1. The number of fused-ring (bicyclic) bond motifs is 5. The van der Waals surface area contributed by atoms with E-state index in [1.54, 1.807) is 73.9 Å². The topological polar surface area (TPSA) is 494 Å². The number of aliphatic hydroxyl groups is 3. The number of Topliss-reactive ketones (excluding diaryl/α,β-unsaturated/α-hetero) is 2. The van der Waals surface area contributed by atoms with Gasteiger partial charge in [0, 0.05) is 147 Å². The van der Waals surface area contributed by atoms with Crippen molar-refractivity contribution in [3.05, 3.63) is 90.1 Å². The van der Waals surface area contributed by atoms with E-state index in [1.807, 2.05) is 68.2 Å². The average molecular weight is 1750 g/mol. The summed E-state index contributed by atoms with van der Waals surface area (Å²) in [4.78, 5) is 138. The summed E-state index contributed by atoms with van der Waals surface area (Å²) in [6, 6.07) is 3.44. The molecule has 686 valence electrons. The number of likely N-dealkylation sites (N-methyl/N-ethyl adjacent to an activating group) is 1. The number of nitrogens with two attached hydrogens (primary N) is 3. The van der Waals surface area contributed by atoms with Crippen LogP contribution in [0, 0.1) is 29.6 Å². The summed E-state index contributed by atoms with van der Waals surface area (Å²) in [6.45, 7) is 14.8. The van der Waals surface area contributed by atoms with Crippen LogP contribution in [0.4, 0.5) is 22.6 Å². The van der Waals surface area contributed by atoms with Crippen molar-refractivity contribution in [3.8, 4) is 11.3 Å². The number of ketones is 2. The third kappa shape index (κ3) is 27.1. The first kappa shape index (κ1) is 97.4. The molecule has 4 aromatic heterocycles. The molecule has 0 spiro atoms. The molecule has 5 aliphatic rings. The number of hydrogen-bond donors (Lipinski definition) is 9. The highest BCUT2D eigenvalue weighted by Crippen LogP contribution is 2.39. The van der Waals surface area contributed by atoms with Crippen LogP contribution in [0.15, 0.2) is 88.9 Å². The Kier molecular flexibility index (Phi) is 36.7. The number of rotatable bonds is 29. The number of nitrogen functional groups attached to an aromatic ring is 2. The number of piperazine rings is 1. The van der Waals surface area contributed by atoms with Gasteiger partial charge < -0.3 is 105 Å². The minimum Gasteiger partial charge on any atom is -0.459 e. The van der Waals surface area contributed by atoms with E-state index < -0.39 is 114 Å². The van der Waals surface area contributed by atoms with E-state index in [0.717, 1.165) is 11.1 Å². The van der Waals surface area contributed by atoms with Gasteiger partial charge in [0.15, 0.2) is 17.0 Å². The zero-order valence-corrected chi connectivity index (χ0v) is 73.7. The summed E-state index contributed by atoms with van der Waals surface area (Å²) in [6.07, 6.45) is 13.6. The van der Waals surface area contributed by atoms with Crippen molar-refractivity contribution in [2.24, 2.45) is 35.3 Å². The van der Waals surface area contributed by atoms with Gasteiger partial charge in [-0.2, -0.15) is 10.1 Å². The smallest absolute Gasteiger partial charge is 0.407 e. The molecule has 4 aliphatic heterocycles. The summed E-state index contributed by atoms with van der Waals surface area (Å²) in [5, 5.41) is 48.9. The largest absolute Gasteiger partial charge is 0.459 e. The fourth-order valence-corrected chi connectivity index (χ4v) is 17.0. The van der Waals surface area contributed by atoms with Crippen LogP contribution in [-0.2, 0) is 84.5 Å². The number of anilines is 3. The van der Waals surface area contributed by atoms with Crippen molar-refractivity contribution in [2.75, 3.05) is 130 Å². The molecule has 4 fully saturated rings. The molecule has 0 unspecified atom stereocenters. The lowest BCUT2D eigenvalue weighted by atomic mass is 9.80. The summed E-state index contributed by atoms with van der Waals surface area (Å²) >= 11 is 0. The minimum atomic E-state index is -2.50. The van der Waals surface area contributed by atoms with Crippen LogP contribution >= 0.6 is 0 Å². The Hall–Kier alpha value is -9.80. The van der Waals surface area contributed by atoms with Crippen LogP contribution in [0.2, 0.25) is 0 Å². The highest BCUT2D eigenvalue weighted by Gasteiger charge is 2.53. The molecule has 0 radical (unpaired) electrons. The van der Waals surface area contributed by atoms with Crippen LogP contribution < -0.4 is 38.1 Å². The van der Waals surface area contributed by atoms with Gasteiger partial charge in [0.25, 0.3) is 17.7 Å². The quantitative estimate of drug-likeness (QED) is 0.0128. The van der Waals surface area contributed by atoms with Crippen molar-refractivity contribution in [1.29, 1.82) is 0 Å². The molecule has 1 saturated carbocycles. The first-order valence-electron chi connectivity index (χ1n) is 43.6. The fraction of sp³-hybridized carbons (Fsp3) is 0.636. The second-order valence-corrected chi connectivity index (χ2v) is 33.8. The lowest BCUT2D eigenvalue weighted by Crippen LogP contribution is -2.61. The number of nitrogens with zero attached hydrogens (tertiary/aromatic N) is 11. The number of ether oxygens (including phenoxy) is 8. The van der Waals surface area contributed by atoms with Crippen molar-refractivity contribution >= 4 is 87.2 Å². The molecule has 12 N–H and O–H groups in total. The van der Waals surface area contributed by atoms with Crippen molar-refractivity contribution in [2.45, 2.75) is 218 Å². The third-order valence-electron chi connectivity index (χ3n) is 24.3. The monoisotopic (exact) mass is 1740 g/mol. The number of esters is 1. The molecule has 1 aromatic carbocycles. The molecule has 3 saturated heterocycles. The molecule has 10 rings (SSSR count). The Bertz CT molecular complexity index is 4550. The number of aromatic nitrogens is 7. The Morgan fingerprint density at radius 2 is 1.50 bits per heavy atom. The Morgan fingerprint density at radius 3 is 2.24 bits per heavy atom. The number of nitrogens with one attached hydrogen (secondary N) is 3. The van der Waals surface area contributed by atoms with Crippen LogP contribution in [0.1, 0.15) is 143 Å². The molecule has 37 nitrogen and oxygen atoms in total. The second-order valence-electron chi connectivity index (χ2n) is 33.8. The van der Waals surface area contributed by atoms with Crippen molar-refractivity contribution < 1.29 is 96.0 Å². The number of cyclic esters (lactones) is 1. The maximum Gasteiger partial charge on any atom is 0.407 e. The molecule has 16 atom stereocenters. The van der Waals surface area contributed by atoms with Gasteiger partial charge in [-0.3, -0.25) is 33.7 Å². The maximum atomic E-state index is 14.9. The lowest BCUT2D eigenvalue weighted by Gasteiger charge is -2.43. The van der Waals surface area contributed by atoms with Gasteiger partial charge in [0.05, 0.1) is 69.3 Å². The van der Waals surface area contributed by atoms with Crippen LogP contribution in [-0.4, -0.2) is 292 Å². The zero-order valence-electron chi connectivity index (χ0n) is 73.7. The van der Waals surface area contributed by atoms with Gasteiger partial charge in [-0.05, 0) is 139 Å². The number of piperidine rings is 1. The summed E-state index contributed by atoms with van der Waals surface area (Å²) in [5.41, 5.74) is 24.1. The van der Waals surface area contributed by atoms with Crippen LogP contribution in [0.3, 0.4) is 0 Å². The van der Waals surface area contributed by atoms with E-state index in [1.165, 1.54) is 25.4 Å². The highest BCUT2D eigenvalue weighted by molar-refractivity contribution is 6.39. The van der Waals surface area contributed by atoms with Crippen LogP contribution in [0.5, 0.6) is 0 Å². The predicted molar refractivity (Wildman–Crippen MR) is 463 cm³/mol. The van der Waals surface area contributed by atoms with Crippen LogP contribution in [0.25, 0.3) is 33.4 Å². The SMILES string of the molecule is CO[C@H]1C[C@@H]2CC[C@@H](C)[C@@](O)(O2)C(=O)C(=O)N2CCCC[C@H]2C(=O)O[C@H]([C@H](N)C[C@@H]2CC[C@@H](OC(=O)NCc3cnc(N4CCN(C(=O)CN(C)CC(=O)NCCOCCOCCC(=O)NCCCCn5nc(-c6ccc7oc(N)nc7c6)c6c(N)ncnc65)CC4)nc3)[C@H](OC)C2)C[C@@H](OC)[C@H](C)/C=C(\C)[C@@H](O)[C@@H](O)C(=O)[C@H](C)C[C@H](C)/C=C/C=C/C=C/1C. The molecule has 37 heteroatoms. The number of carbonyl (C=O) groups is 8. The minimum absolute atomic E-state index is 0.000176. The zero-order chi connectivity index (χ0) is 90.0. The third-order valence-corrected chi connectivity index (χ3v) is 24.3. The van der Waals surface area contributed by atoms with E-state index in [-0.39, 0.29) is 120 Å². The molecule has 5 amide bonds. The Balaban J connectivity index is 0.626. The molecule has 1 aliphatic carbocycles. The van der Waals surface area contributed by atoms with Crippen molar-refractivity contribution in [3.63, 3.8) is 0 Å². The number of alkyl carbamates (subject to hydrolysis) is 1. The molecular weight excluding hydrogens is 1620 g/mol. The number of hydrogen-bond acceptors (Lipinski definition) is 31. The number of aryl methyl sites for hydroxylation is 1. The number of amides is 5. The Labute approximate surface area is 729 Å². The number of aliphatic hydroxyl groups excluding tert-OH is 2. The van der Waals surface area contributed by atoms with Gasteiger partial charge in [-0.1, -0.05) is 64.2 Å². The highest BCUT2D eigenvalue weighted by atomic mass is 16.6. The normalized spacial score (nSPS) is 27.9. The van der Waals surface area contributed by atoms with E-state index in [2.05, 4.69) is 40.9 Å². The van der Waals surface area contributed by atoms with Gasteiger partial charge in [0.2, 0.25) is 29.5 Å². The number of benzene rings is 1. The Morgan fingerprint density at radius 1 is 0.752 bits per heavy atom. The van der Waals surface area contributed by atoms with Gasteiger partial charge in [-0.15, -0.1) is 0 Å². The fourth-order valence-electron chi connectivity index (χ4n) is 17.0. The van der Waals surface area contributed by atoms with E-state index in [4.69, 9.17) is 64.6 Å². The lowest BCUT2D eigenvalue weighted by molar-refractivity contribution is -0.265. The van der Waals surface area contributed by atoms with Gasteiger partial charge in [0.1, 0.15) is 53.8 Å². The number of oxazole rings is 1. The molecule has 2 bridgehead atoms. The molecule has 5 aromatic rings. The van der Waals surface area contributed by atoms with E-state index >= 15 is 0 Å². The van der Waals surface area contributed by atoms with E-state index in [9.17, 15) is 53.7 Å².